The molecular weight excluding hydrogens is 332 g/mol. The van der Waals surface area contributed by atoms with Gasteiger partial charge in [0.15, 0.2) is 0 Å². The van der Waals surface area contributed by atoms with Crippen LogP contribution in [-0.4, -0.2) is 79.2 Å². The minimum absolute atomic E-state index is 0.135. The van der Waals surface area contributed by atoms with Gasteiger partial charge in [0, 0.05) is 47.2 Å². The molecule has 7 heteroatoms. The minimum Gasteiger partial charge on any atom is -0.351 e. The average molecular weight is 369 g/mol. The lowest BCUT2D eigenvalue weighted by molar-refractivity contribution is -0.132. The number of amides is 3. The summed E-state index contributed by atoms with van der Waals surface area (Å²) >= 11 is 0. The quantitative estimate of drug-likeness (QED) is 0.735. The first kappa shape index (κ1) is 22.4. The summed E-state index contributed by atoms with van der Waals surface area (Å²) < 4.78 is 0. The maximum atomic E-state index is 12.2. The van der Waals surface area contributed by atoms with Gasteiger partial charge in [-0.15, -0.1) is 0 Å². The molecule has 0 bridgehead atoms. The third-order valence-electron chi connectivity index (χ3n) is 5.39. The van der Waals surface area contributed by atoms with Crippen molar-refractivity contribution in [1.82, 2.24) is 14.7 Å². The molecular formula is C19H36N4O3. The van der Waals surface area contributed by atoms with Crippen LogP contribution in [0.5, 0.6) is 0 Å². The Hall–Kier alpha value is -1.63. The van der Waals surface area contributed by atoms with Gasteiger partial charge in [-0.25, -0.2) is 0 Å². The fourth-order valence-electron chi connectivity index (χ4n) is 3.66. The van der Waals surface area contributed by atoms with Crippen LogP contribution in [0.25, 0.3) is 0 Å². The van der Waals surface area contributed by atoms with E-state index in [0.29, 0.717) is 12.0 Å². The number of rotatable bonds is 5. The van der Waals surface area contributed by atoms with Crippen molar-refractivity contribution in [2.75, 3.05) is 34.2 Å². The largest absolute Gasteiger partial charge is 0.351 e. The number of carbonyl (C=O) groups is 3. The van der Waals surface area contributed by atoms with Gasteiger partial charge in [0.2, 0.25) is 18.2 Å². The second-order valence-corrected chi connectivity index (χ2v) is 7.75. The van der Waals surface area contributed by atoms with Crippen LogP contribution >= 0.6 is 0 Å². The summed E-state index contributed by atoms with van der Waals surface area (Å²) in [6.07, 6.45) is 7.98. The molecule has 2 N–H and O–H groups in total. The Bertz CT molecular complexity index is 456. The van der Waals surface area contributed by atoms with Crippen LogP contribution in [0.3, 0.4) is 0 Å². The van der Waals surface area contributed by atoms with Crippen molar-refractivity contribution in [2.45, 2.75) is 64.0 Å². The highest BCUT2D eigenvalue weighted by atomic mass is 16.2. The van der Waals surface area contributed by atoms with E-state index in [0.717, 1.165) is 64.4 Å². The first-order valence-corrected chi connectivity index (χ1v) is 9.65. The zero-order chi connectivity index (χ0) is 19.7. The maximum Gasteiger partial charge on any atom is 0.239 e. The number of likely N-dealkylation sites (tertiary alicyclic amines) is 1. The highest BCUT2D eigenvalue weighted by Gasteiger charge is 2.29. The third kappa shape index (κ3) is 7.32. The van der Waals surface area contributed by atoms with Crippen molar-refractivity contribution in [3.8, 4) is 0 Å². The lowest BCUT2D eigenvalue weighted by Gasteiger charge is -2.35. The molecule has 150 valence electrons. The average Bonchev–Trinajstić information content (AvgIpc) is 3.16. The van der Waals surface area contributed by atoms with Gasteiger partial charge in [-0.3, -0.25) is 14.4 Å². The van der Waals surface area contributed by atoms with Gasteiger partial charge in [-0.2, -0.15) is 0 Å². The van der Waals surface area contributed by atoms with Gasteiger partial charge < -0.3 is 20.4 Å². The molecule has 1 saturated carbocycles. The molecule has 2 rings (SSSR count). The number of hydrogen-bond donors (Lipinski definition) is 1. The van der Waals surface area contributed by atoms with E-state index in [4.69, 9.17) is 5.73 Å². The number of nitrogens with zero attached hydrogens (tertiary/aromatic N) is 3. The first-order valence-electron chi connectivity index (χ1n) is 9.65. The van der Waals surface area contributed by atoms with Gasteiger partial charge in [-0.05, 0) is 50.9 Å². The van der Waals surface area contributed by atoms with Crippen molar-refractivity contribution < 1.29 is 14.4 Å². The van der Waals surface area contributed by atoms with Crippen molar-refractivity contribution in [3.63, 3.8) is 0 Å². The Morgan fingerprint density at radius 3 is 2.04 bits per heavy atom. The third-order valence-corrected chi connectivity index (χ3v) is 5.39. The summed E-state index contributed by atoms with van der Waals surface area (Å²) in [5, 5.41) is 0. The highest BCUT2D eigenvalue weighted by Crippen LogP contribution is 2.30. The van der Waals surface area contributed by atoms with Gasteiger partial charge in [-0.1, -0.05) is 0 Å². The highest BCUT2D eigenvalue weighted by molar-refractivity contribution is 5.81. The van der Waals surface area contributed by atoms with Gasteiger partial charge in [0.05, 0.1) is 6.04 Å². The smallest absolute Gasteiger partial charge is 0.239 e. The first-order chi connectivity index (χ1) is 12.3. The summed E-state index contributed by atoms with van der Waals surface area (Å²) in [7, 11) is 5.26. The second-order valence-electron chi connectivity index (χ2n) is 7.75. The van der Waals surface area contributed by atoms with Crippen LogP contribution in [0, 0.1) is 5.92 Å². The van der Waals surface area contributed by atoms with Crippen LogP contribution < -0.4 is 5.73 Å². The lowest BCUT2D eigenvalue weighted by Crippen LogP contribution is -2.44. The second kappa shape index (κ2) is 11.2. The number of nitrogens with two attached hydrogens (primary N) is 1. The van der Waals surface area contributed by atoms with Crippen LogP contribution in [0.1, 0.15) is 51.9 Å². The Labute approximate surface area is 157 Å². The summed E-state index contributed by atoms with van der Waals surface area (Å²) in [6, 6.07) is 0.0273. The van der Waals surface area contributed by atoms with Crippen molar-refractivity contribution in [1.29, 1.82) is 0 Å². The standard InChI is InChI=1S/C16H29N3O2.C3H7NO/c1-12(20)18(2)14-7-5-13(6-8-14)11-15(17)16(21)19-9-3-4-10-19;1-4(2)3-5/h13-15H,3-11,17H2,1-2H3;3H,1-2H3/t13?,14?,15-;/m0./s1. The van der Waals surface area contributed by atoms with E-state index in [1.54, 1.807) is 21.0 Å². The number of hydrogen-bond acceptors (Lipinski definition) is 4. The van der Waals surface area contributed by atoms with E-state index in [1.165, 1.54) is 4.90 Å². The predicted octanol–water partition coefficient (Wildman–Crippen LogP) is 1.07. The molecule has 1 aliphatic heterocycles. The van der Waals surface area contributed by atoms with Crippen molar-refractivity contribution in [2.24, 2.45) is 11.7 Å². The van der Waals surface area contributed by atoms with E-state index in [-0.39, 0.29) is 17.9 Å². The molecule has 1 aliphatic carbocycles. The molecule has 0 aromatic carbocycles. The maximum absolute atomic E-state index is 12.2. The van der Waals surface area contributed by atoms with Gasteiger partial charge in [0.1, 0.15) is 0 Å². The van der Waals surface area contributed by atoms with Gasteiger partial charge in [0.25, 0.3) is 0 Å². The van der Waals surface area contributed by atoms with Crippen LogP contribution in [0.4, 0.5) is 0 Å². The fraction of sp³-hybridized carbons (Fsp3) is 0.842. The summed E-state index contributed by atoms with van der Waals surface area (Å²) in [6.45, 7) is 3.38. The molecule has 1 atom stereocenters. The molecule has 26 heavy (non-hydrogen) atoms. The zero-order valence-corrected chi connectivity index (χ0v) is 16.8. The van der Waals surface area contributed by atoms with Crippen LogP contribution in [-0.2, 0) is 14.4 Å². The molecule has 7 nitrogen and oxygen atoms in total. The topological polar surface area (TPSA) is 86.9 Å². The molecule has 0 aromatic heterocycles. The number of carbonyl (C=O) groups excluding carboxylic acids is 3. The van der Waals surface area contributed by atoms with Crippen molar-refractivity contribution >= 4 is 18.2 Å². The zero-order valence-electron chi connectivity index (χ0n) is 16.8. The Balaban J connectivity index is 0.000000597. The molecule has 0 spiro atoms. The summed E-state index contributed by atoms with van der Waals surface area (Å²) in [4.78, 5) is 38.3. The van der Waals surface area contributed by atoms with Crippen LogP contribution in [0.15, 0.2) is 0 Å². The van der Waals surface area contributed by atoms with E-state index in [9.17, 15) is 14.4 Å². The minimum atomic E-state index is -0.338. The fourth-order valence-corrected chi connectivity index (χ4v) is 3.66. The normalized spacial score (nSPS) is 23.5. The summed E-state index contributed by atoms with van der Waals surface area (Å²) in [5.74, 6) is 0.804. The SMILES string of the molecule is CC(=O)N(C)C1CCC(C[C@H](N)C(=O)N2CCCC2)CC1.CN(C)C=O. The summed E-state index contributed by atoms with van der Waals surface area (Å²) in [5.41, 5.74) is 6.11. The Morgan fingerprint density at radius 1 is 1.12 bits per heavy atom. The Morgan fingerprint density at radius 2 is 1.62 bits per heavy atom. The molecule has 0 radical (unpaired) electrons. The lowest BCUT2D eigenvalue weighted by atomic mass is 9.82. The van der Waals surface area contributed by atoms with Gasteiger partial charge >= 0.3 is 0 Å². The van der Waals surface area contributed by atoms with E-state index in [2.05, 4.69) is 0 Å². The molecule has 1 saturated heterocycles. The van der Waals surface area contributed by atoms with Crippen LogP contribution in [0.2, 0.25) is 0 Å². The molecule has 2 fully saturated rings. The molecule has 3 amide bonds. The predicted molar refractivity (Wildman–Crippen MR) is 102 cm³/mol. The van der Waals surface area contributed by atoms with E-state index in [1.807, 2.05) is 16.8 Å². The van der Waals surface area contributed by atoms with E-state index >= 15 is 0 Å². The molecule has 0 unspecified atom stereocenters. The molecule has 0 aromatic rings. The Kier molecular flexibility index (Phi) is 9.62. The molecule has 2 aliphatic rings. The monoisotopic (exact) mass is 368 g/mol. The van der Waals surface area contributed by atoms with Crippen molar-refractivity contribution in [3.05, 3.63) is 0 Å². The molecule has 1 heterocycles. The van der Waals surface area contributed by atoms with E-state index < -0.39 is 0 Å².